The summed E-state index contributed by atoms with van der Waals surface area (Å²) in [4.78, 5) is 38.8. The summed E-state index contributed by atoms with van der Waals surface area (Å²) in [5, 5.41) is 11.7. The molecule has 2 aliphatic heterocycles. The Balaban J connectivity index is 1.51. The van der Waals surface area contributed by atoms with Crippen LogP contribution in [0.4, 0.5) is 15.8 Å². The number of benzene rings is 2. The molecule has 3 amide bonds. The van der Waals surface area contributed by atoms with E-state index in [2.05, 4.69) is 15.7 Å². The van der Waals surface area contributed by atoms with E-state index in [1.165, 1.54) is 36.4 Å². The summed E-state index contributed by atoms with van der Waals surface area (Å²) in [6, 6.07) is 7.60. The van der Waals surface area contributed by atoms with Crippen LogP contribution in [-0.2, 0) is 14.4 Å². The van der Waals surface area contributed by atoms with E-state index in [1.807, 2.05) is 0 Å². The fourth-order valence-corrected chi connectivity index (χ4v) is 3.66. The summed E-state index contributed by atoms with van der Waals surface area (Å²) in [5.74, 6) is -2.25. The molecule has 8 nitrogen and oxygen atoms in total. The minimum absolute atomic E-state index is 0.131. The van der Waals surface area contributed by atoms with Gasteiger partial charge in [-0.2, -0.15) is 5.11 Å². The monoisotopic (exact) mass is 435 g/mol. The number of hydrogen-bond donors (Lipinski definition) is 1. The predicted octanol–water partition coefficient (Wildman–Crippen LogP) is 3.06. The number of carbonyl (C=O) groups is 3. The number of anilines is 2. The maximum Gasteiger partial charge on any atom is 0.263 e. The molecule has 0 aromatic heterocycles. The van der Waals surface area contributed by atoms with Gasteiger partial charge in [-0.05, 0) is 36.4 Å². The first-order valence-corrected chi connectivity index (χ1v) is 9.16. The highest BCUT2D eigenvalue weighted by Gasteiger charge is 2.55. The number of nitrogens with zero attached hydrogens (tertiary/aromatic N) is 4. The van der Waals surface area contributed by atoms with E-state index in [-0.39, 0.29) is 22.9 Å². The number of fused-ring (bicyclic) bond motifs is 1. The van der Waals surface area contributed by atoms with Gasteiger partial charge in [-0.15, -0.1) is 0 Å². The predicted molar refractivity (Wildman–Crippen MR) is 103 cm³/mol. The van der Waals surface area contributed by atoms with Crippen LogP contribution in [0.1, 0.15) is 0 Å². The number of imide groups is 1. The third-order valence-electron chi connectivity index (χ3n) is 4.42. The van der Waals surface area contributed by atoms with Crippen molar-refractivity contribution in [3.8, 4) is 0 Å². The first-order chi connectivity index (χ1) is 13.8. The first-order valence-electron chi connectivity index (χ1n) is 8.41. The Hall–Kier alpha value is -3.04. The molecule has 148 valence electrons. The van der Waals surface area contributed by atoms with Crippen molar-refractivity contribution in [1.29, 1.82) is 0 Å². The Bertz CT molecular complexity index is 1060. The lowest BCUT2D eigenvalue weighted by molar-refractivity contribution is -0.123. The quantitative estimate of drug-likeness (QED) is 0.746. The summed E-state index contributed by atoms with van der Waals surface area (Å²) in [7, 11) is 0. The van der Waals surface area contributed by atoms with Crippen molar-refractivity contribution in [3.63, 3.8) is 0 Å². The number of amides is 3. The average molecular weight is 436 g/mol. The van der Waals surface area contributed by atoms with Crippen LogP contribution in [-0.4, -0.2) is 41.4 Å². The molecule has 0 bridgehead atoms. The molecule has 2 heterocycles. The fraction of sp³-hybridized carbons (Fsp3) is 0.167. The second-order valence-corrected chi connectivity index (χ2v) is 7.20. The lowest BCUT2D eigenvalue weighted by atomic mass is 10.1. The van der Waals surface area contributed by atoms with Gasteiger partial charge < -0.3 is 5.32 Å². The van der Waals surface area contributed by atoms with Gasteiger partial charge in [-0.25, -0.2) is 9.29 Å². The Morgan fingerprint density at radius 3 is 2.66 bits per heavy atom. The number of halogens is 3. The minimum Gasteiger partial charge on any atom is -0.324 e. The van der Waals surface area contributed by atoms with E-state index in [0.717, 1.165) is 16.0 Å². The van der Waals surface area contributed by atoms with Gasteiger partial charge in [0.1, 0.15) is 12.4 Å². The third kappa shape index (κ3) is 3.54. The lowest BCUT2D eigenvalue weighted by Crippen LogP contribution is -2.43. The molecule has 2 aliphatic rings. The topological polar surface area (TPSA) is 94.4 Å². The Morgan fingerprint density at radius 2 is 1.93 bits per heavy atom. The Kier molecular flexibility index (Phi) is 4.93. The van der Waals surface area contributed by atoms with Crippen molar-refractivity contribution in [1.82, 2.24) is 5.01 Å². The van der Waals surface area contributed by atoms with Gasteiger partial charge in [0.15, 0.2) is 12.1 Å². The number of carbonyl (C=O) groups excluding carboxylic acids is 3. The van der Waals surface area contributed by atoms with E-state index in [4.69, 9.17) is 23.2 Å². The smallest absolute Gasteiger partial charge is 0.263 e. The van der Waals surface area contributed by atoms with Gasteiger partial charge in [0.05, 0.1) is 10.7 Å². The molecule has 0 spiro atoms. The van der Waals surface area contributed by atoms with Crippen molar-refractivity contribution in [2.24, 2.45) is 10.3 Å². The summed E-state index contributed by atoms with van der Waals surface area (Å²) in [6.07, 6.45) is 0. The normalized spacial score (nSPS) is 20.4. The molecule has 11 heteroatoms. The summed E-state index contributed by atoms with van der Waals surface area (Å²) in [5.41, 5.74) is 0.436. The molecular weight excluding hydrogens is 424 g/mol. The van der Waals surface area contributed by atoms with E-state index in [0.29, 0.717) is 5.02 Å². The van der Waals surface area contributed by atoms with Crippen molar-refractivity contribution < 1.29 is 18.8 Å². The van der Waals surface area contributed by atoms with Crippen LogP contribution in [0.15, 0.2) is 52.8 Å². The third-order valence-corrected chi connectivity index (χ3v) is 4.96. The first kappa shape index (κ1) is 19.3. The standard InChI is InChI=1S/C18H12Cl2FN5O3/c19-9-4-5-13(12(20)6-9)26-17(28)15-16(18(26)29)25(24-23-15)8-14(27)22-11-3-1-2-10(21)7-11/h1-7,15-16H,8H2,(H,22,27)/t15-,16-/m1/s1. The van der Waals surface area contributed by atoms with Crippen LogP contribution >= 0.6 is 23.2 Å². The highest BCUT2D eigenvalue weighted by molar-refractivity contribution is 6.38. The van der Waals surface area contributed by atoms with Crippen LogP contribution in [0.5, 0.6) is 0 Å². The van der Waals surface area contributed by atoms with E-state index >= 15 is 0 Å². The van der Waals surface area contributed by atoms with Crippen LogP contribution in [0.3, 0.4) is 0 Å². The lowest BCUT2D eigenvalue weighted by Gasteiger charge is -2.20. The highest BCUT2D eigenvalue weighted by Crippen LogP contribution is 2.36. The zero-order chi connectivity index (χ0) is 20.7. The van der Waals surface area contributed by atoms with Gasteiger partial charge in [0, 0.05) is 10.7 Å². The molecule has 0 radical (unpaired) electrons. The molecule has 1 fully saturated rings. The van der Waals surface area contributed by atoms with Crippen molar-refractivity contribution in [2.75, 3.05) is 16.8 Å². The summed E-state index contributed by atoms with van der Waals surface area (Å²) >= 11 is 12.0. The van der Waals surface area contributed by atoms with Crippen LogP contribution in [0.2, 0.25) is 10.0 Å². The van der Waals surface area contributed by atoms with Gasteiger partial charge in [-0.1, -0.05) is 34.5 Å². The van der Waals surface area contributed by atoms with E-state index < -0.39 is 35.6 Å². The second kappa shape index (κ2) is 7.41. The van der Waals surface area contributed by atoms with Crippen molar-refractivity contribution in [2.45, 2.75) is 12.1 Å². The number of hydrogen-bond acceptors (Lipinski definition) is 6. The molecule has 0 saturated carbocycles. The van der Waals surface area contributed by atoms with Crippen molar-refractivity contribution in [3.05, 3.63) is 58.3 Å². The van der Waals surface area contributed by atoms with Gasteiger partial charge in [-0.3, -0.25) is 19.4 Å². The molecule has 1 N–H and O–H groups in total. The number of rotatable bonds is 4. The molecule has 2 aromatic carbocycles. The van der Waals surface area contributed by atoms with Crippen LogP contribution in [0.25, 0.3) is 0 Å². The van der Waals surface area contributed by atoms with Crippen LogP contribution in [0, 0.1) is 5.82 Å². The maximum absolute atomic E-state index is 13.3. The van der Waals surface area contributed by atoms with Gasteiger partial charge in [0.25, 0.3) is 11.8 Å². The average Bonchev–Trinajstić information content (AvgIpc) is 3.16. The zero-order valence-corrected chi connectivity index (χ0v) is 16.1. The largest absolute Gasteiger partial charge is 0.324 e. The zero-order valence-electron chi connectivity index (χ0n) is 14.6. The molecule has 4 rings (SSSR count). The molecule has 29 heavy (non-hydrogen) atoms. The molecule has 2 atom stereocenters. The van der Waals surface area contributed by atoms with E-state index in [9.17, 15) is 18.8 Å². The molecule has 0 aliphatic carbocycles. The molecule has 0 unspecified atom stereocenters. The highest BCUT2D eigenvalue weighted by atomic mass is 35.5. The summed E-state index contributed by atoms with van der Waals surface area (Å²) in [6.45, 7) is -0.345. The second-order valence-electron chi connectivity index (χ2n) is 6.36. The molecular formula is C18H12Cl2FN5O3. The maximum atomic E-state index is 13.3. The Labute approximate surface area is 173 Å². The Morgan fingerprint density at radius 1 is 1.14 bits per heavy atom. The molecule has 2 aromatic rings. The minimum atomic E-state index is -1.07. The van der Waals surface area contributed by atoms with Crippen LogP contribution < -0.4 is 10.2 Å². The number of nitrogens with one attached hydrogen (secondary N) is 1. The summed E-state index contributed by atoms with van der Waals surface area (Å²) < 4.78 is 13.3. The van der Waals surface area contributed by atoms with Crippen molar-refractivity contribution >= 4 is 52.3 Å². The fourth-order valence-electron chi connectivity index (χ4n) is 3.17. The molecule has 1 saturated heterocycles. The SMILES string of the molecule is O=C(CN1N=N[C@H]2C(=O)N(c3ccc(Cl)cc3Cl)C(=O)[C@@H]21)Nc1cccc(F)c1. The van der Waals surface area contributed by atoms with E-state index in [1.54, 1.807) is 0 Å². The van der Waals surface area contributed by atoms with Gasteiger partial charge >= 0.3 is 0 Å². The van der Waals surface area contributed by atoms with Gasteiger partial charge in [0.2, 0.25) is 5.91 Å².